The average Bonchev–Trinajstić information content (AvgIpc) is 3.25. The molecule has 0 bridgehead atoms. The number of hydrogen-bond donors (Lipinski definition) is 1. The van der Waals surface area contributed by atoms with E-state index in [2.05, 4.69) is 0 Å². The quantitative estimate of drug-likeness (QED) is 0.827. The van der Waals surface area contributed by atoms with Gasteiger partial charge in [-0.3, -0.25) is 0 Å². The highest BCUT2D eigenvalue weighted by atomic mass is 32.2. The smallest absolute Gasteiger partial charge is 0.328 e. The summed E-state index contributed by atoms with van der Waals surface area (Å²) in [4.78, 5) is 12.6. The zero-order chi connectivity index (χ0) is 18.2. The summed E-state index contributed by atoms with van der Waals surface area (Å²) >= 11 is 0. The van der Waals surface area contributed by atoms with Gasteiger partial charge in [0.1, 0.15) is 10.8 Å². The van der Waals surface area contributed by atoms with E-state index in [0.29, 0.717) is 0 Å². The van der Waals surface area contributed by atoms with Crippen LogP contribution in [0.25, 0.3) is 0 Å². The lowest BCUT2D eigenvalue weighted by atomic mass is 10.1. The van der Waals surface area contributed by atoms with Crippen LogP contribution >= 0.6 is 0 Å². The van der Waals surface area contributed by atoms with Crippen molar-refractivity contribution in [2.45, 2.75) is 35.4 Å². The highest BCUT2D eigenvalue weighted by molar-refractivity contribution is 7.92. The molecule has 1 fully saturated rings. The first-order valence-electron chi connectivity index (χ1n) is 8.15. The largest absolute Gasteiger partial charge is 0.465 e. The van der Waals surface area contributed by atoms with E-state index in [-0.39, 0.29) is 11.5 Å². The van der Waals surface area contributed by atoms with Gasteiger partial charge in [-0.05, 0) is 31.5 Å². The lowest BCUT2D eigenvalue weighted by Gasteiger charge is -2.11. The van der Waals surface area contributed by atoms with Crippen molar-refractivity contribution >= 4 is 15.8 Å². The van der Waals surface area contributed by atoms with Gasteiger partial charge in [0.2, 0.25) is 0 Å². The van der Waals surface area contributed by atoms with Gasteiger partial charge in [-0.25, -0.2) is 13.2 Å². The van der Waals surface area contributed by atoms with Crippen molar-refractivity contribution in [3.63, 3.8) is 0 Å². The molecule has 132 valence electrons. The minimum atomic E-state index is -3.77. The molecule has 1 saturated carbocycles. The van der Waals surface area contributed by atoms with Crippen molar-refractivity contribution in [3.8, 4) is 0 Å². The number of carbonyl (C=O) groups is 1. The number of ether oxygens (including phenoxy) is 1. The molecule has 3 atom stereocenters. The molecule has 0 spiro atoms. The van der Waals surface area contributed by atoms with Crippen LogP contribution in [0.15, 0.2) is 59.5 Å². The minimum absolute atomic E-state index is 0.149. The summed E-state index contributed by atoms with van der Waals surface area (Å²) in [6.07, 6.45) is 0. The molecular formula is C19H21NO4S. The molecule has 1 aliphatic rings. The summed E-state index contributed by atoms with van der Waals surface area (Å²) in [6.45, 7) is 3.76. The van der Waals surface area contributed by atoms with Crippen LogP contribution in [0, 0.1) is 6.92 Å². The number of esters is 1. The van der Waals surface area contributed by atoms with Crippen molar-refractivity contribution in [2.24, 2.45) is 5.73 Å². The van der Waals surface area contributed by atoms with Crippen molar-refractivity contribution in [1.82, 2.24) is 0 Å². The summed E-state index contributed by atoms with van der Waals surface area (Å²) in [5, 5.41) is -1.04. The van der Waals surface area contributed by atoms with Gasteiger partial charge in [0, 0.05) is 5.92 Å². The molecule has 1 aliphatic carbocycles. The van der Waals surface area contributed by atoms with Crippen molar-refractivity contribution in [1.29, 1.82) is 0 Å². The van der Waals surface area contributed by atoms with Crippen molar-refractivity contribution < 1.29 is 17.9 Å². The molecule has 0 heterocycles. The Labute approximate surface area is 147 Å². The maximum atomic E-state index is 13.1. The summed E-state index contributed by atoms with van der Waals surface area (Å²) in [6, 6.07) is 15.5. The molecule has 2 aromatic rings. The number of aryl methyl sites for hydroxylation is 1. The number of hydrogen-bond acceptors (Lipinski definition) is 5. The van der Waals surface area contributed by atoms with Crippen LogP contribution in [-0.2, 0) is 19.4 Å². The molecule has 0 radical (unpaired) electrons. The van der Waals surface area contributed by atoms with Gasteiger partial charge >= 0.3 is 5.97 Å². The van der Waals surface area contributed by atoms with E-state index >= 15 is 0 Å². The monoisotopic (exact) mass is 359 g/mol. The Morgan fingerprint density at radius 3 is 2.28 bits per heavy atom. The third-order valence-corrected chi connectivity index (χ3v) is 6.91. The number of benzene rings is 2. The predicted octanol–water partition coefficient (Wildman–Crippen LogP) is 2.20. The van der Waals surface area contributed by atoms with Crippen LogP contribution < -0.4 is 5.73 Å². The third kappa shape index (κ3) is 2.85. The Morgan fingerprint density at radius 1 is 1.12 bits per heavy atom. The van der Waals surface area contributed by atoms with Gasteiger partial charge in [-0.2, -0.15) is 0 Å². The fourth-order valence-corrected chi connectivity index (χ4v) is 5.54. The lowest BCUT2D eigenvalue weighted by Crippen LogP contribution is -2.41. The molecule has 5 nitrogen and oxygen atoms in total. The third-order valence-electron chi connectivity index (χ3n) is 4.65. The van der Waals surface area contributed by atoms with E-state index in [9.17, 15) is 13.2 Å². The zero-order valence-corrected chi connectivity index (χ0v) is 15.0. The Balaban J connectivity index is 2.06. The SMILES string of the molecule is CCOC(=O)[C@@]1(N)[C@H](S(=O)(=O)c2ccccc2)[C@@H]1c1ccc(C)cc1. The van der Waals surface area contributed by atoms with Crippen LogP contribution in [-0.4, -0.2) is 31.8 Å². The van der Waals surface area contributed by atoms with Crippen LogP contribution in [0.1, 0.15) is 24.0 Å². The molecule has 2 N–H and O–H groups in total. The van der Waals surface area contributed by atoms with Crippen LogP contribution in [0.5, 0.6) is 0 Å². The standard InChI is InChI=1S/C19H21NO4S/c1-3-24-18(21)19(20)16(14-11-9-13(2)10-12-14)17(19)25(22,23)15-7-5-4-6-8-15/h4-12,16-17H,3,20H2,1-2H3/t16-,17+,19-/m0/s1. The minimum Gasteiger partial charge on any atom is -0.465 e. The van der Waals surface area contributed by atoms with Crippen LogP contribution in [0.2, 0.25) is 0 Å². The second kappa shape index (κ2) is 6.28. The predicted molar refractivity (Wildman–Crippen MR) is 94.9 cm³/mol. The second-order valence-electron chi connectivity index (χ2n) is 6.32. The first-order chi connectivity index (χ1) is 11.8. The number of sulfone groups is 1. The van der Waals surface area contributed by atoms with Crippen molar-refractivity contribution in [2.75, 3.05) is 6.61 Å². The van der Waals surface area contributed by atoms with E-state index in [1.807, 2.05) is 31.2 Å². The summed E-state index contributed by atoms with van der Waals surface area (Å²) in [5.74, 6) is -1.30. The fraction of sp³-hybridized carbons (Fsp3) is 0.316. The number of nitrogens with two attached hydrogens (primary N) is 1. The van der Waals surface area contributed by atoms with E-state index in [1.54, 1.807) is 25.1 Å². The molecule has 0 saturated heterocycles. The lowest BCUT2D eigenvalue weighted by molar-refractivity contribution is -0.145. The summed E-state index contributed by atoms with van der Waals surface area (Å²) in [5.41, 5.74) is 6.51. The van der Waals surface area contributed by atoms with E-state index in [1.165, 1.54) is 12.1 Å². The summed E-state index contributed by atoms with van der Waals surface area (Å²) in [7, 11) is -3.77. The highest BCUT2D eigenvalue weighted by Gasteiger charge is 2.74. The second-order valence-corrected chi connectivity index (χ2v) is 8.39. The fourth-order valence-electron chi connectivity index (χ4n) is 3.29. The van der Waals surface area contributed by atoms with Gasteiger partial charge in [0.25, 0.3) is 0 Å². The molecule has 2 aromatic carbocycles. The topological polar surface area (TPSA) is 86.5 Å². The summed E-state index contributed by atoms with van der Waals surface area (Å²) < 4.78 is 31.2. The van der Waals surface area contributed by atoms with Crippen LogP contribution in [0.4, 0.5) is 0 Å². The number of carbonyl (C=O) groups excluding carboxylic acids is 1. The maximum absolute atomic E-state index is 13.1. The van der Waals surface area contributed by atoms with Crippen LogP contribution in [0.3, 0.4) is 0 Å². The Morgan fingerprint density at radius 2 is 1.72 bits per heavy atom. The Bertz CT molecular complexity index is 877. The average molecular weight is 359 g/mol. The van der Waals surface area contributed by atoms with Gasteiger partial charge < -0.3 is 10.5 Å². The van der Waals surface area contributed by atoms with Gasteiger partial charge in [0.15, 0.2) is 9.84 Å². The van der Waals surface area contributed by atoms with Crippen molar-refractivity contribution in [3.05, 3.63) is 65.7 Å². The van der Waals surface area contributed by atoms with E-state index in [4.69, 9.17) is 10.5 Å². The molecular weight excluding hydrogens is 338 g/mol. The van der Waals surface area contributed by atoms with E-state index in [0.717, 1.165) is 11.1 Å². The van der Waals surface area contributed by atoms with E-state index < -0.39 is 32.5 Å². The molecule has 0 aliphatic heterocycles. The zero-order valence-electron chi connectivity index (χ0n) is 14.2. The molecule has 0 aromatic heterocycles. The molecule has 0 unspecified atom stereocenters. The van der Waals surface area contributed by atoms with Gasteiger partial charge in [-0.1, -0.05) is 48.0 Å². The Hall–Kier alpha value is -2.18. The van der Waals surface area contributed by atoms with Gasteiger partial charge in [0.05, 0.1) is 11.5 Å². The Kier molecular flexibility index (Phi) is 4.43. The maximum Gasteiger partial charge on any atom is 0.328 e. The molecule has 3 rings (SSSR count). The normalized spacial score (nSPS) is 25.4. The van der Waals surface area contributed by atoms with Gasteiger partial charge in [-0.15, -0.1) is 0 Å². The molecule has 6 heteroatoms. The first kappa shape index (κ1) is 17.6. The first-order valence-corrected chi connectivity index (χ1v) is 9.69. The number of rotatable bonds is 5. The molecule has 25 heavy (non-hydrogen) atoms. The highest BCUT2D eigenvalue weighted by Crippen LogP contribution is 2.56. The molecule has 0 amide bonds.